The summed E-state index contributed by atoms with van der Waals surface area (Å²) in [6.45, 7) is 14.6. The Morgan fingerprint density at radius 1 is 1.13 bits per heavy atom. The number of ether oxygens (including phenoxy) is 2. The lowest BCUT2D eigenvalue weighted by Crippen LogP contribution is -2.42. The third kappa shape index (κ3) is 6.81. The van der Waals surface area contributed by atoms with E-state index in [1.807, 2.05) is 18.2 Å². The Bertz CT molecular complexity index is 721. The zero-order chi connectivity index (χ0) is 22.3. The molecule has 1 aromatic carbocycles. The van der Waals surface area contributed by atoms with Gasteiger partial charge in [0.2, 0.25) is 0 Å². The number of benzene rings is 1. The fourth-order valence-electron chi connectivity index (χ4n) is 3.45. The van der Waals surface area contributed by atoms with Gasteiger partial charge in [0.15, 0.2) is 0 Å². The van der Waals surface area contributed by atoms with Crippen molar-refractivity contribution in [2.75, 3.05) is 39.2 Å². The van der Waals surface area contributed by atoms with Crippen LogP contribution in [0.15, 0.2) is 18.2 Å². The maximum atomic E-state index is 14.1. The molecule has 1 heterocycles. The van der Waals surface area contributed by atoms with Crippen molar-refractivity contribution in [1.29, 1.82) is 0 Å². The Morgan fingerprint density at radius 2 is 1.70 bits per heavy atom. The highest BCUT2D eigenvalue weighted by molar-refractivity contribution is 7.57. The minimum atomic E-state index is -3.46. The molecule has 0 amide bonds. The smallest absolute Gasteiger partial charge is 0.331 e. The zero-order valence-electron chi connectivity index (χ0n) is 19.1. The number of esters is 1. The van der Waals surface area contributed by atoms with Crippen LogP contribution in [0.4, 0.5) is 0 Å². The van der Waals surface area contributed by atoms with Gasteiger partial charge in [-0.1, -0.05) is 45.9 Å². The monoisotopic (exact) mass is 440 g/mol. The number of carbonyl (C=O) groups is 1. The fourth-order valence-corrected chi connectivity index (χ4v) is 5.66. The van der Waals surface area contributed by atoms with Crippen molar-refractivity contribution in [3.05, 3.63) is 29.3 Å². The Balaban J connectivity index is 2.39. The first kappa shape index (κ1) is 24.9. The van der Waals surface area contributed by atoms with E-state index in [1.165, 1.54) is 0 Å². The number of carbonyl (C=O) groups excluding carboxylic acids is 1. The number of para-hydroxylation sites is 1. The molecule has 2 unspecified atom stereocenters. The molecule has 1 aromatic rings. The van der Waals surface area contributed by atoms with E-state index in [9.17, 15) is 9.36 Å². The number of morpholine rings is 1. The lowest BCUT2D eigenvalue weighted by molar-refractivity contribution is -0.144. The number of hydrogen-bond acceptors (Lipinski definition) is 6. The Labute approximate surface area is 181 Å². The quantitative estimate of drug-likeness (QED) is 0.428. The molecule has 0 spiro atoms. The van der Waals surface area contributed by atoms with Crippen LogP contribution >= 0.6 is 7.52 Å². The molecule has 1 saturated heterocycles. The molecule has 7 nitrogen and oxygen atoms in total. The van der Waals surface area contributed by atoms with Crippen LogP contribution in [0.5, 0.6) is 5.75 Å². The molecule has 2 rings (SSSR count). The number of nitrogens with zero attached hydrogens (tertiary/aromatic N) is 1. The topological polar surface area (TPSA) is 77.1 Å². The van der Waals surface area contributed by atoms with E-state index in [-0.39, 0.29) is 24.7 Å². The van der Waals surface area contributed by atoms with Crippen LogP contribution in [0, 0.1) is 0 Å². The van der Waals surface area contributed by atoms with Crippen LogP contribution in [-0.2, 0) is 18.8 Å². The first-order chi connectivity index (χ1) is 14.2. The third-order valence-corrected chi connectivity index (χ3v) is 7.11. The summed E-state index contributed by atoms with van der Waals surface area (Å²) in [6.07, 6.45) is 0.198. The molecule has 1 aliphatic heterocycles. The molecule has 170 valence electrons. The Hall–Kier alpha value is -1.40. The lowest BCUT2D eigenvalue weighted by atomic mass is 9.94. The summed E-state index contributed by atoms with van der Waals surface area (Å²) >= 11 is 0. The summed E-state index contributed by atoms with van der Waals surface area (Å²) < 4.78 is 31.0. The van der Waals surface area contributed by atoms with Gasteiger partial charge in [0.25, 0.3) is 0 Å². The molecule has 2 atom stereocenters. The van der Waals surface area contributed by atoms with E-state index < -0.39 is 19.5 Å². The largest absolute Gasteiger partial charge is 0.465 e. The third-order valence-electron chi connectivity index (χ3n) is 5.08. The van der Waals surface area contributed by atoms with Gasteiger partial charge in [-0.05, 0) is 36.8 Å². The summed E-state index contributed by atoms with van der Waals surface area (Å²) in [6, 6.07) is 5.30. The fraction of sp³-hybridized carbons (Fsp3) is 0.682. The van der Waals surface area contributed by atoms with Crippen molar-refractivity contribution in [2.24, 2.45) is 0 Å². The van der Waals surface area contributed by atoms with Crippen molar-refractivity contribution < 1.29 is 23.4 Å². The van der Waals surface area contributed by atoms with Crippen LogP contribution in [0.3, 0.4) is 0 Å². The minimum absolute atomic E-state index is 0.198. The van der Waals surface area contributed by atoms with Gasteiger partial charge in [-0.15, -0.1) is 0 Å². The summed E-state index contributed by atoms with van der Waals surface area (Å²) in [5.41, 5.74) is 2.02. The molecule has 0 aromatic heterocycles. The predicted octanol–water partition coefficient (Wildman–Crippen LogP) is 4.34. The maximum Gasteiger partial charge on any atom is 0.331 e. The van der Waals surface area contributed by atoms with Gasteiger partial charge in [-0.2, -0.15) is 0 Å². The summed E-state index contributed by atoms with van der Waals surface area (Å²) in [4.78, 5) is 14.3. The maximum absolute atomic E-state index is 14.1. The first-order valence-electron chi connectivity index (χ1n) is 10.8. The Kier molecular flexibility index (Phi) is 9.35. The van der Waals surface area contributed by atoms with Gasteiger partial charge < -0.3 is 14.0 Å². The van der Waals surface area contributed by atoms with E-state index in [0.29, 0.717) is 32.1 Å². The molecule has 0 saturated carbocycles. The van der Waals surface area contributed by atoms with E-state index in [2.05, 4.69) is 37.7 Å². The zero-order valence-corrected chi connectivity index (χ0v) is 20.0. The second kappa shape index (κ2) is 11.3. The van der Waals surface area contributed by atoms with Crippen LogP contribution in [-0.4, -0.2) is 56.1 Å². The average Bonchev–Trinajstić information content (AvgIpc) is 2.68. The van der Waals surface area contributed by atoms with E-state index in [0.717, 1.165) is 11.1 Å². The van der Waals surface area contributed by atoms with Crippen LogP contribution < -0.4 is 9.61 Å². The summed E-state index contributed by atoms with van der Waals surface area (Å²) in [5.74, 6) is 0.628. The van der Waals surface area contributed by atoms with Crippen molar-refractivity contribution in [3.63, 3.8) is 0 Å². The molecule has 30 heavy (non-hydrogen) atoms. The highest BCUT2D eigenvalue weighted by Crippen LogP contribution is 2.48. The van der Waals surface area contributed by atoms with Crippen LogP contribution in [0.25, 0.3) is 0 Å². The summed E-state index contributed by atoms with van der Waals surface area (Å²) in [7, 11) is -3.46. The molecule has 1 fully saturated rings. The first-order valence-corrected chi connectivity index (χ1v) is 12.6. The molecule has 0 bridgehead atoms. The standard InChI is InChI=1S/C22H37N2O5P/c1-7-28-22(25)18(6)23-30(26,15-24-11-13-27-14-12-24)29-21-19(16(2)3)9-8-10-20(21)17(4)5/h8-10,16-18H,7,11-15H2,1-6H3,(H,23,26). The SMILES string of the molecule is CCOC(=O)C(C)NP(=O)(CN1CCOCC1)Oc1c(C(C)C)cccc1C(C)C. The van der Waals surface area contributed by atoms with Crippen molar-refractivity contribution in [3.8, 4) is 5.75 Å². The lowest BCUT2D eigenvalue weighted by Gasteiger charge is -2.33. The molecule has 1 N–H and O–H groups in total. The highest BCUT2D eigenvalue weighted by Gasteiger charge is 2.34. The molecular formula is C22H37N2O5P. The van der Waals surface area contributed by atoms with Gasteiger partial charge in [-0.3, -0.25) is 14.3 Å². The van der Waals surface area contributed by atoms with E-state index in [1.54, 1.807) is 13.8 Å². The van der Waals surface area contributed by atoms with Crippen molar-refractivity contribution in [1.82, 2.24) is 9.99 Å². The van der Waals surface area contributed by atoms with Crippen molar-refractivity contribution in [2.45, 2.75) is 59.4 Å². The van der Waals surface area contributed by atoms with Gasteiger partial charge >= 0.3 is 13.5 Å². The normalized spacial score (nSPS) is 18.3. The van der Waals surface area contributed by atoms with Crippen LogP contribution in [0.1, 0.15) is 64.5 Å². The average molecular weight is 441 g/mol. The number of nitrogens with one attached hydrogen (secondary N) is 1. The molecule has 1 aliphatic rings. The van der Waals surface area contributed by atoms with Gasteiger partial charge in [0.05, 0.1) is 19.8 Å². The second-order valence-corrected chi connectivity index (χ2v) is 10.4. The molecule has 8 heteroatoms. The molecular weight excluding hydrogens is 403 g/mol. The summed E-state index contributed by atoms with van der Waals surface area (Å²) in [5, 5.41) is 2.98. The predicted molar refractivity (Wildman–Crippen MR) is 119 cm³/mol. The second-order valence-electron chi connectivity index (χ2n) is 8.31. The molecule has 0 aliphatic carbocycles. The van der Waals surface area contributed by atoms with E-state index >= 15 is 0 Å². The molecule has 0 radical (unpaired) electrons. The van der Waals surface area contributed by atoms with Gasteiger partial charge in [0.1, 0.15) is 18.1 Å². The Morgan fingerprint density at radius 3 is 2.20 bits per heavy atom. The van der Waals surface area contributed by atoms with Gasteiger partial charge in [-0.25, -0.2) is 5.09 Å². The van der Waals surface area contributed by atoms with Crippen molar-refractivity contribution >= 4 is 13.5 Å². The minimum Gasteiger partial charge on any atom is -0.465 e. The van der Waals surface area contributed by atoms with Crippen LogP contribution in [0.2, 0.25) is 0 Å². The number of hydrogen-bond donors (Lipinski definition) is 1. The number of rotatable bonds is 10. The van der Waals surface area contributed by atoms with Gasteiger partial charge in [0, 0.05) is 13.1 Å². The highest BCUT2D eigenvalue weighted by atomic mass is 31.2. The van der Waals surface area contributed by atoms with E-state index in [4.69, 9.17) is 14.0 Å².